The van der Waals surface area contributed by atoms with Gasteiger partial charge in [0.2, 0.25) is 0 Å². The van der Waals surface area contributed by atoms with Crippen molar-refractivity contribution in [1.82, 2.24) is 0 Å². The van der Waals surface area contributed by atoms with Crippen molar-refractivity contribution < 1.29 is 28.9 Å². The topological polar surface area (TPSA) is 82.1 Å². The van der Waals surface area contributed by atoms with E-state index in [2.05, 4.69) is 0 Å². The molecule has 6 heteroatoms. The highest BCUT2D eigenvalue weighted by Crippen LogP contribution is 2.25. The third-order valence-corrected chi connectivity index (χ3v) is 2.90. The quantitative estimate of drug-likeness (QED) is 0.396. The van der Waals surface area contributed by atoms with Crippen LogP contribution in [0.15, 0.2) is 35.6 Å². The monoisotopic (exact) mass is 292 g/mol. The first-order chi connectivity index (χ1) is 9.82. The van der Waals surface area contributed by atoms with Crippen LogP contribution in [0, 0.1) is 0 Å². The van der Waals surface area contributed by atoms with Crippen molar-refractivity contribution in [2.75, 3.05) is 7.11 Å². The Labute approximate surface area is 121 Å². The molecule has 1 heterocycles. The molecule has 112 valence electrons. The summed E-state index contributed by atoms with van der Waals surface area (Å²) in [6, 6.07) is 6.87. The second-order valence-electron chi connectivity index (χ2n) is 5.03. The normalized spacial score (nSPS) is 17.0. The van der Waals surface area contributed by atoms with E-state index in [0.29, 0.717) is 11.3 Å². The largest absolute Gasteiger partial charge is 0.511 e. The summed E-state index contributed by atoms with van der Waals surface area (Å²) in [6.45, 7) is 2.89. The number of esters is 2. The zero-order chi connectivity index (χ0) is 15.6. The second kappa shape index (κ2) is 5.47. The minimum atomic E-state index is -1.32. The lowest BCUT2D eigenvalue weighted by Gasteiger charge is -2.30. The van der Waals surface area contributed by atoms with Crippen LogP contribution in [0.25, 0.3) is 0 Å². The van der Waals surface area contributed by atoms with Crippen LogP contribution in [0.5, 0.6) is 5.75 Å². The Hall–Kier alpha value is -2.50. The SMILES string of the molecule is COc1ccc(CC(O)=C2C(=O)OC(C)(C)OC2=O)cc1. The van der Waals surface area contributed by atoms with E-state index in [-0.39, 0.29) is 12.2 Å². The zero-order valence-corrected chi connectivity index (χ0v) is 12.0. The predicted molar refractivity (Wildman–Crippen MR) is 72.6 cm³/mol. The number of aliphatic hydroxyl groups excluding tert-OH is 1. The van der Waals surface area contributed by atoms with Gasteiger partial charge in [-0.05, 0) is 17.7 Å². The second-order valence-corrected chi connectivity index (χ2v) is 5.03. The Bertz CT molecular complexity index is 575. The molecule has 21 heavy (non-hydrogen) atoms. The fourth-order valence-electron chi connectivity index (χ4n) is 1.91. The Kier molecular flexibility index (Phi) is 3.88. The highest BCUT2D eigenvalue weighted by Gasteiger charge is 2.41. The van der Waals surface area contributed by atoms with E-state index in [1.54, 1.807) is 31.4 Å². The number of allylic oxidation sites excluding steroid dienone is 1. The minimum Gasteiger partial charge on any atom is -0.511 e. The molecule has 0 spiro atoms. The first-order valence-electron chi connectivity index (χ1n) is 6.34. The summed E-state index contributed by atoms with van der Waals surface area (Å²) in [6.07, 6.45) is 0.0178. The molecule has 0 bridgehead atoms. The van der Waals surface area contributed by atoms with Gasteiger partial charge in [0.05, 0.1) is 7.11 Å². The van der Waals surface area contributed by atoms with Crippen LogP contribution in [-0.4, -0.2) is 29.9 Å². The molecule has 6 nitrogen and oxygen atoms in total. The minimum absolute atomic E-state index is 0.0178. The summed E-state index contributed by atoms with van der Waals surface area (Å²) in [5, 5.41) is 10.0. The fourth-order valence-corrected chi connectivity index (χ4v) is 1.91. The number of carbonyl (C=O) groups is 2. The van der Waals surface area contributed by atoms with Gasteiger partial charge >= 0.3 is 11.9 Å². The van der Waals surface area contributed by atoms with E-state index >= 15 is 0 Å². The molecule has 1 aromatic carbocycles. The van der Waals surface area contributed by atoms with Crippen LogP contribution in [0.2, 0.25) is 0 Å². The molecule has 0 unspecified atom stereocenters. The van der Waals surface area contributed by atoms with Crippen LogP contribution in [-0.2, 0) is 25.5 Å². The lowest BCUT2D eigenvalue weighted by Crippen LogP contribution is -2.42. The van der Waals surface area contributed by atoms with Crippen molar-refractivity contribution in [1.29, 1.82) is 0 Å². The van der Waals surface area contributed by atoms with Crippen molar-refractivity contribution in [3.05, 3.63) is 41.2 Å². The van der Waals surface area contributed by atoms with E-state index in [0.717, 1.165) is 0 Å². The Morgan fingerprint density at radius 2 is 1.67 bits per heavy atom. The summed E-state index contributed by atoms with van der Waals surface area (Å²) in [4.78, 5) is 23.6. The van der Waals surface area contributed by atoms with Gasteiger partial charge in [0.15, 0.2) is 5.57 Å². The Morgan fingerprint density at radius 3 is 2.14 bits per heavy atom. The highest BCUT2D eigenvalue weighted by atomic mass is 16.7. The van der Waals surface area contributed by atoms with Crippen molar-refractivity contribution >= 4 is 11.9 Å². The van der Waals surface area contributed by atoms with Crippen molar-refractivity contribution in [3.63, 3.8) is 0 Å². The van der Waals surface area contributed by atoms with Gasteiger partial charge in [-0.15, -0.1) is 0 Å². The molecular weight excluding hydrogens is 276 g/mol. The number of aliphatic hydroxyl groups is 1. The first kappa shape index (κ1) is 14.9. The molecule has 0 amide bonds. The molecule has 1 aromatic rings. The van der Waals surface area contributed by atoms with Crippen LogP contribution in [0.3, 0.4) is 0 Å². The zero-order valence-electron chi connectivity index (χ0n) is 12.0. The van der Waals surface area contributed by atoms with Crippen molar-refractivity contribution in [2.24, 2.45) is 0 Å². The van der Waals surface area contributed by atoms with Gasteiger partial charge in [-0.2, -0.15) is 0 Å². The van der Waals surface area contributed by atoms with Gasteiger partial charge < -0.3 is 19.3 Å². The molecule has 0 saturated carbocycles. The van der Waals surface area contributed by atoms with Crippen molar-refractivity contribution in [2.45, 2.75) is 26.1 Å². The Morgan fingerprint density at radius 1 is 1.14 bits per heavy atom. The molecule has 1 aliphatic heterocycles. The molecule has 0 aliphatic carbocycles. The average Bonchev–Trinajstić information content (AvgIpc) is 2.37. The van der Waals surface area contributed by atoms with E-state index < -0.39 is 23.3 Å². The number of ether oxygens (including phenoxy) is 3. The van der Waals surface area contributed by atoms with Gasteiger partial charge in [0.1, 0.15) is 11.5 Å². The van der Waals surface area contributed by atoms with Crippen LogP contribution < -0.4 is 4.74 Å². The smallest absolute Gasteiger partial charge is 0.352 e. The number of cyclic esters (lactones) is 2. The molecule has 0 atom stereocenters. The van der Waals surface area contributed by atoms with Gasteiger partial charge in [0, 0.05) is 20.3 Å². The fraction of sp³-hybridized carbons (Fsp3) is 0.333. The van der Waals surface area contributed by atoms with Crippen LogP contribution >= 0.6 is 0 Å². The number of carbonyl (C=O) groups excluding carboxylic acids is 2. The molecule has 0 aromatic heterocycles. The number of hydrogen-bond donors (Lipinski definition) is 1. The maximum Gasteiger partial charge on any atom is 0.352 e. The summed E-state index contributed by atoms with van der Waals surface area (Å²) in [5.41, 5.74) is 0.247. The molecule has 1 N–H and O–H groups in total. The summed E-state index contributed by atoms with van der Waals surface area (Å²) in [5.74, 6) is -2.81. The van der Waals surface area contributed by atoms with Crippen LogP contribution in [0.1, 0.15) is 19.4 Å². The maximum absolute atomic E-state index is 11.8. The third-order valence-electron chi connectivity index (χ3n) is 2.90. The summed E-state index contributed by atoms with van der Waals surface area (Å²) >= 11 is 0. The standard InChI is InChI=1S/C15H16O6/c1-15(2)20-13(17)12(14(18)21-15)11(16)8-9-4-6-10(19-3)7-5-9/h4-7,16H,8H2,1-3H3. The molecule has 0 radical (unpaired) electrons. The predicted octanol–water partition coefficient (Wildman–Crippen LogP) is 1.89. The van der Waals surface area contributed by atoms with Gasteiger partial charge in [-0.3, -0.25) is 0 Å². The number of hydrogen-bond acceptors (Lipinski definition) is 6. The molecule has 1 fully saturated rings. The van der Waals surface area contributed by atoms with Gasteiger partial charge in [0.25, 0.3) is 5.79 Å². The number of rotatable bonds is 3. The lowest BCUT2D eigenvalue weighted by atomic mass is 10.1. The summed E-state index contributed by atoms with van der Waals surface area (Å²) in [7, 11) is 1.55. The van der Waals surface area contributed by atoms with E-state index in [4.69, 9.17) is 14.2 Å². The third kappa shape index (κ3) is 3.34. The molecule has 2 rings (SSSR count). The maximum atomic E-state index is 11.8. The number of methoxy groups -OCH3 is 1. The lowest BCUT2D eigenvalue weighted by molar-refractivity contribution is -0.222. The number of benzene rings is 1. The van der Waals surface area contributed by atoms with Gasteiger partial charge in [-0.25, -0.2) is 9.59 Å². The first-order valence-corrected chi connectivity index (χ1v) is 6.34. The summed E-state index contributed by atoms with van der Waals surface area (Å²) < 4.78 is 14.9. The average molecular weight is 292 g/mol. The van der Waals surface area contributed by atoms with Crippen LogP contribution in [0.4, 0.5) is 0 Å². The molecular formula is C15H16O6. The molecule has 1 aliphatic rings. The van der Waals surface area contributed by atoms with E-state index in [1.807, 2.05) is 0 Å². The highest BCUT2D eigenvalue weighted by molar-refractivity contribution is 6.15. The van der Waals surface area contributed by atoms with E-state index in [1.165, 1.54) is 13.8 Å². The van der Waals surface area contributed by atoms with Gasteiger partial charge in [-0.1, -0.05) is 12.1 Å². The van der Waals surface area contributed by atoms with E-state index in [9.17, 15) is 14.7 Å². The molecule has 1 saturated heterocycles. The Balaban J connectivity index is 2.22. The van der Waals surface area contributed by atoms with Crippen molar-refractivity contribution in [3.8, 4) is 5.75 Å².